The Bertz CT molecular complexity index is 1450. The lowest BCUT2D eigenvalue weighted by atomic mass is 10.0. The van der Waals surface area contributed by atoms with Crippen LogP contribution in [0.2, 0.25) is 0 Å². The molecule has 3 N–H and O–H groups in total. The summed E-state index contributed by atoms with van der Waals surface area (Å²) in [5.74, 6) is 0.230. The fraction of sp³-hybridized carbons (Fsp3) is 0.227. The van der Waals surface area contributed by atoms with Crippen LogP contribution in [0.5, 0.6) is 5.75 Å². The van der Waals surface area contributed by atoms with Crippen molar-refractivity contribution in [2.45, 2.75) is 24.5 Å². The zero-order chi connectivity index (χ0) is 30.9. The molecule has 222 valence electrons. The summed E-state index contributed by atoms with van der Waals surface area (Å²) in [5.41, 5.74) is -5.54. The van der Waals surface area contributed by atoms with E-state index in [0.717, 1.165) is 12.2 Å². The summed E-state index contributed by atoms with van der Waals surface area (Å²) in [6.07, 6.45) is 0. The van der Waals surface area contributed by atoms with Crippen molar-refractivity contribution >= 4 is 42.7 Å². The molecule has 0 aliphatic carbocycles. The first-order valence-electron chi connectivity index (χ1n) is 10.4. The van der Waals surface area contributed by atoms with Crippen LogP contribution in [0.4, 0.5) is 32.0 Å². The number of hydrogen-bond donors (Lipinski definition) is 3. The van der Waals surface area contributed by atoms with Crippen molar-refractivity contribution < 1.29 is 61.8 Å². The van der Waals surface area contributed by atoms with Crippen LogP contribution < -0.4 is 10.2 Å². The molecule has 0 radical (unpaired) electrons. The maximum Gasteiger partial charge on any atom is 0.522 e. The lowest BCUT2D eigenvalue weighted by molar-refractivity contribution is -0.131. The van der Waals surface area contributed by atoms with E-state index in [1.165, 1.54) is 23.3 Å². The van der Waals surface area contributed by atoms with Crippen molar-refractivity contribution in [3.63, 3.8) is 0 Å². The Hall–Kier alpha value is -3.45. The topological polar surface area (TPSA) is 150 Å². The summed E-state index contributed by atoms with van der Waals surface area (Å²) in [7, 11) is -9.68. The number of benzene rings is 3. The van der Waals surface area contributed by atoms with Crippen molar-refractivity contribution in [2.24, 2.45) is 0 Å². The van der Waals surface area contributed by atoms with Gasteiger partial charge in [-0.3, -0.25) is 13.9 Å². The number of nitrogens with zero attached hydrogens (tertiary/aromatic N) is 1. The van der Waals surface area contributed by atoms with Gasteiger partial charge in [0.2, 0.25) is 0 Å². The third kappa shape index (κ3) is 11.7. The van der Waals surface area contributed by atoms with Gasteiger partial charge in [-0.2, -0.15) is 43.2 Å². The molecule has 0 amide bonds. The lowest BCUT2D eigenvalue weighted by Gasteiger charge is -2.20. The number of hydrogen-bond acceptors (Lipinski definition) is 8. The monoisotopic (exact) mass is 620 g/mol. The zero-order valence-electron chi connectivity index (χ0n) is 20.4. The highest BCUT2D eigenvalue weighted by Crippen LogP contribution is 2.22. The van der Waals surface area contributed by atoms with E-state index in [4.69, 9.17) is 30.7 Å². The number of rotatable bonds is 5. The minimum atomic E-state index is -5.84. The number of halogens is 6. The van der Waals surface area contributed by atoms with Crippen LogP contribution in [0.1, 0.15) is 12.5 Å². The largest absolute Gasteiger partial charge is 0.522 e. The van der Waals surface area contributed by atoms with Crippen LogP contribution in [0, 0.1) is 0 Å². The van der Waals surface area contributed by atoms with Crippen LogP contribution in [0.3, 0.4) is 0 Å². The van der Waals surface area contributed by atoms with Crippen molar-refractivity contribution in [1.29, 1.82) is 0 Å². The minimum Gasteiger partial charge on any atom is -0.427 e. The van der Waals surface area contributed by atoms with E-state index in [2.05, 4.69) is 47.9 Å². The van der Waals surface area contributed by atoms with Crippen LogP contribution in [0.25, 0.3) is 10.8 Å². The van der Waals surface area contributed by atoms with E-state index in [0.29, 0.717) is 5.75 Å². The van der Waals surface area contributed by atoms with E-state index in [1.54, 1.807) is 12.1 Å². The van der Waals surface area contributed by atoms with Crippen LogP contribution in [0.15, 0.2) is 66.7 Å². The molecule has 18 heteroatoms. The van der Waals surface area contributed by atoms with E-state index < -0.39 is 31.3 Å². The number of carbonyl (C=O) groups excluding carboxylic acids is 1. The van der Waals surface area contributed by atoms with Gasteiger partial charge < -0.3 is 10.2 Å². The van der Waals surface area contributed by atoms with Crippen molar-refractivity contribution in [1.82, 2.24) is 5.01 Å². The van der Waals surface area contributed by atoms with Crippen molar-refractivity contribution in [2.75, 3.05) is 12.5 Å². The molecule has 0 saturated heterocycles. The standard InChI is InChI=1S/C20H20N2O2.2CHF3O3S/c1-15(23)24-19-12-10-18(11-13-19)21-22(2)14-17-8-5-7-16-6-3-4-9-20(16)17;2*2-1(3,4)8(5,6)7/h3-13,21H,14H2,1-2H3;2*(H,5,6,7). The van der Waals surface area contributed by atoms with Crippen LogP contribution >= 0.6 is 0 Å². The van der Waals surface area contributed by atoms with Gasteiger partial charge in [-0.25, -0.2) is 5.01 Å². The third-order valence-electron chi connectivity index (χ3n) is 4.31. The molecule has 3 aromatic carbocycles. The molecular weight excluding hydrogens is 598 g/mol. The summed E-state index contributed by atoms with van der Waals surface area (Å²) in [6.45, 7) is 2.16. The van der Waals surface area contributed by atoms with E-state index in [-0.39, 0.29) is 5.97 Å². The van der Waals surface area contributed by atoms with Crippen molar-refractivity contribution in [3.8, 4) is 5.75 Å². The molecule has 0 aliphatic rings. The maximum absolute atomic E-state index is 10.9. The van der Waals surface area contributed by atoms with Gasteiger partial charge in [-0.1, -0.05) is 42.5 Å². The number of anilines is 1. The number of carbonyl (C=O) groups is 1. The van der Waals surface area contributed by atoms with Gasteiger partial charge in [-0.05, 0) is 40.6 Å². The van der Waals surface area contributed by atoms with Gasteiger partial charge in [0, 0.05) is 26.2 Å². The molecule has 10 nitrogen and oxygen atoms in total. The first-order chi connectivity index (χ1) is 18.1. The molecule has 40 heavy (non-hydrogen) atoms. The van der Waals surface area contributed by atoms with Crippen LogP contribution in [-0.4, -0.2) is 55.0 Å². The maximum atomic E-state index is 10.9. The Balaban J connectivity index is 0.000000412. The molecule has 0 saturated carbocycles. The second-order valence-electron chi connectivity index (χ2n) is 7.57. The fourth-order valence-corrected chi connectivity index (χ4v) is 2.71. The molecule has 0 spiro atoms. The third-order valence-corrected chi connectivity index (χ3v) is 5.48. The molecule has 3 aromatic rings. The molecule has 0 fully saturated rings. The Morgan fingerprint density at radius 2 is 1.27 bits per heavy atom. The second kappa shape index (κ2) is 13.8. The van der Waals surface area contributed by atoms with Gasteiger partial charge in [0.1, 0.15) is 5.75 Å². The quantitative estimate of drug-likeness (QED) is 0.0887. The van der Waals surface area contributed by atoms with Crippen LogP contribution in [-0.2, 0) is 31.6 Å². The number of alkyl halides is 6. The zero-order valence-corrected chi connectivity index (χ0v) is 22.1. The molecule has 0 aromatic heterocycles. The number of ether oxygens (including phenoxy) is 1. The van der Waals surface area contributed by atoms with E-state index in [9.17, 15) is 31.1 Å². The van der Waals surface area contributed by atoms with Gasteiger partial charge in [0.15, 0.2) is 0 Å². The summed E-state index contributed by atoms with van der Waals surface area (Å²) in [6, 6.07) is 22.1. The highest BCUT2D eigenvalue weighted by molar-refractivity contribution is 7.86. The fourth-order valence-electron chi connectivity index (χ4n) is 2.71. The molecule has 0 bridgehead atoms. The van der Waals surface area contributed by atoms with Gasteiger partial charge in [-0.15, -0.1) is 0 Å². The lowest BCUT2D eigenvalue weighted by Crippen LogP contribution is -2.24. The van der Waals surface area contributed by atoms with Gasteiger partial charge >= 0.3 is 37.2 Å². The Labute approximate surface area is 224 Å². The smallest absolute Gasteiger partial charge is 0.427 e. The first-order valence-corrected chi connectivity index (χ1v) is 13.3. The van der Waals surface area contributed by atoms with E-state index >= 15 is 0 Å². The predicted molar refractivity (Wildman–Crippen MR) is 132 cm³/mol. The summed E-state index contributed by atoms with van der Waals surface area (Å²) < 4.78 is 120. The number of hydrazine groups is 1. The first kappa shape index (κ1) is 34.6. The second-order valence-corrected chi connectivity index (χ2v) is 10.4. The van der Waals surface area contributed by atoms with Crippen molar-refractivity contribution in [3.05, 3.63) is 72.3 Å². The number of nitrogens with one attached hydrogen (secondary N) is 1. The highest BCUT2D eigenvalue weighted by Gasteiger charge is 2.45. The molecule has 0 heterocycles. The summed E-state index contributed by atoms with van der Waals surface area (Å²) in [4.78, 5) is 10.9. The Morgan fingerprint density at radius 3 is 1.73 bits per heavy atom. The average molecular weight is 621 g/mol. The molecular formula is C22H22F6N2O8S2. The predicted octanol–water partition coefficient (Wildman–Crippen LogP) is 5.01. The highest BCUT2D eigenvalue weighted by atomic mass is 32.2. The average Bonchev–Trinajstić information content (AvgIpc) is 2.78. The summed E-state index contributed by atoms with van der Waals surface area (Å²) in [5, 5.41) is 4.54. The number of esters is 1. The number of fused-ring (bicyclic) bond motifs is 1. The Morgan fingerprint density at radius 1 is 0.825 bits per heavy atom. The molecule has 0 aliphatic heterocycles. The van der Waals surface area contributed by atoms with Gasteiger partial charge in [0.05, 0.1) is 0 Å². The molecule has 0 unspecified atom stereocenters. The Kier molecular flexibility index (Phi) is 11.9. The minimum absolute atomic E-state index is 0.316. The SMILES string of the molecule is CC(=O)Oc1ccc(NN(C)Cc2cccc3ccccc23)cc1.O=S(=O)(O)C(F)(F)F.O=S(=O)(O)C(F)(F)F. The summed E-state index contributed by atoms with van der Waals surface area (Å²) >= 11 is 0. The van der Waals surface area contributed by atoms with E-state index in [1.807, 2.05) is 24.2 Å². The normalized spacial score (nSPS) is 12.1. The molecule has 0 atom stereocenters. The van der Waals surface area contributed by atoms with Gasteiger partial charge in [0.25, 0.3) is 0 Å². The molecule has 3 rings (SSSR count).